The standard InChI is InChI=1S/C27H24ClF3N4O5/c28-22-4-1-15(6-23(22)30)21(16-5-17(29)9-32-8-16)7-26(37)34-25-11-33-10-24(31)20(25)3-2-19-12-35(27(38)39)18(13-36)14-40-19/h1,4-6,8-11,13,18-19,21H,2-3,7,12,14H2,(H,34,37)(H,38,39)/t18?,19?,21-/m0/s1. The van der Waals surface area contributed by atoms with E-state index < -0.39 is 47.5 Å². The van der Waals surface area contributed by atoms with E-state index in [9.17, 15) is 32.7 Å². The van der Waals surface area contributed by atoms with Gasteiger partial charge in [-0.15, -0.1) is 0 Å². The van der Waals surface area contributed by atoms with Gasteiger partial charge in [0.1, 0.15) is 29.8 Å². The Balaban J connectivity index is 1.50. The fourth-order valence-electron chi connectivity index (χ4n) is 4.53. The van der Waals surface area contributed by atoms with Crippen LogP contribution in [0.4, 0.5) is 23.7 Å². The molecule has 1 fully saturated rings. The van der Waals surface area contributed by atoms with Crippen molar-refractivity contribution < 1.29 is 37.4 Å². The van der Waals surface area contributed by atoms with E-state index >= 15 is 0 Å². The number of ether oxygens (including phenoxy) is 1. The number of halogens is 4. The van der Waals surface area contributed by atoms with E-state index in [4.69, 9.17) is 16.3 Å². The number of carboxylic acid groups (broad SMARTS) is 1. The van der Waals surface area contributed by atoms with Gasteiger partial charge in [-0.2, -0.15) is 0 Å². The predicted octanol–water partition coefficient (Wildman–Crippen LogP) is 4.59. The van der Waals surface area contributed by atoms with E-state index in [0.717, 1.165) is 23.4 Å². The van der Waals surface area contributed by atoms with Crippen LogP contribution >= 0.6 is 11.6 Å². The summed E-state index contributed by atoms with van der Waals surface area (Å²) in [6.45, 7) is -0.196. The Labute approximate surface area is 231 Å². The number of morpholine rings is 1. The molecule has 0 saturated carbocycles. The summed E-state index contributed by atoms with van der Waals surface area (Å²) < 4.78 is 48.5. The lowest BCUT2D eigenvalue weighted by Crippen LogP contribution is -2.52. The molecule has 2 N–H and O–H groups in total. The third-order valence-corrected chi connectivity index (χ3v) is 6.87. The summed E-state index contributed by atoms with van der Waals surface area (Å²) >= 11 is 5.80. The third-order valence-electron chi connectivity index (χ3n) is 6.57. The molecule has 2 unspecified atom stereocenters. The van der Waals surface area contributed by atoms with E-state index in [1.807, 2.05) is 0 Å². The van der Waals surface area contributed by atoms with E-state index in [2.05, 4.69) is 15.3 Å². The number of hydrogen-bond acceptors (Lipinski definition) is 6. The zero-order chi connectivity index (χ0) is 28.8. The average Bonchev–Trinajstić information content (AvgIpc) is 2.93. The number of pyridine rings is 2. The van der Waals surface area contributed by atoms with Crippen LogP contribution in [0.2, 0.25) is 5.02 Å². The molecule has 210 valence electrons. The Bertz CT molecular complexity index is 1410. The number of nitrogens with one attached hydrogen (secondary N) is 1. The molecule has 1 saturated heterocycles. The van der Waals surface area contributed by atoms with Gasteiger partial charge in [0.2, 0.25) is 5.91 Å². The van der Waals surface area contributed by atoms with Gasteiger partial charge in [-0.05, 0) is 42.2 Å². The van der Waals surface area contributed by atoms with Gasteiger partial charge in [-0.3, -0.25) is 19.7 Å². The number of hydrogen-bond donors (Lipinski definition) is 2. The number of aldehydes is 1. The number of rotatable bonds is 9. The topological polar surface area (TPSA) is 122 Å². The lowest BCUT2D eigenvalue weighted by molar-refractivity contribution is -0.121. The van der Waals surface area contributed by atoms with Crippen molar-refractivity contribution in [3.05, 3.63) is 88.2 Å². The number of carbonyl (C=O) groups excluding carboxylic acids is 2. The van der Waals surface area contributed by atoms with Crippen molar-refractivity contribution in [3.8, 4) is 0 Å². The second-order valence-electron chi connectivity index (χ2n) is 9.19. The van der Waals surface area contributed by atoms with Crippen LogP contribution in [0.5, 0.6) is 0 Å². The maximum Gasteiger partial charge on any atom is 0.408 e. The smallest absolute Gasteiger partial charge is 0.408 e. The van der Waals surface area contributed by atoms with Crippen LogP contribution in [0.25, 0.3) is 0 Å². The monoisotopic (exact) mass is 576 g/mol. The summed E-state index contributed by atoms with van der Waals surface area (Å²) in [5, 5.41) is 11.9. The minimum Gasteiger partial charge on any atom is -0.465 e. The predicted molar refractivity (Wildman–Crippen MR) is 138 cm³/mol. The van der Waals surface area contributed by atoms with Gasteiger partial charge in [-0.1, -0.05) is 17.7 Å². The Hall–Kier alpha value is -4.03. The van der Waals surface area contributed by atoms with E-state index in [0.29, 0.717) is 17.4 Å². The number of amides is 2. The molecule has 0 spiro atoms. The number of benzene rings is 1. The molecule has 1 aliphatic rings. The molecular formula is C27H24ClF3N4O5. The molecule has 0 aliphatic carbocycles. The Kier molecular flexibility index (Phi) is 9.33. The second kappa shape index (κ2) is 12.9. The van der Waals surface area contributed by atoms with Crippen molar-refractivity contribution in [2.24, 2.45) is 0 Å². The molecule has 0 radical (unpaired) electrons. The van der Waals surface area contributed by atoms with Crippen LogP contribution in [0.1, 0.15) is 35.4 Å². The van der Waals surface area contributed by atoms with Gasteiger partial charge >= 0.3 is 6.09 Å². The van der Waals surface area contributed by atoms with E-state index in [-0.39, 0.29) is 48.7 Å². The fourth-order valence-corrected chi connectivity index (χ4v) is 4.65. The lowest BCUT2D eigenvalue weighted by atomic mass is 9.89. The second-order valence-corrected chi connectivity index (χ2v) is 9.60. The first-order valence-corrected chi connectivity index (χ1v) is 12.6. The molecule has 3 atom stereocenters. The zero-order valence-corrected chi connectivity index (χ0v) is 21.7. The highest BCUT2D eigenvalue weighted by Crippen LogP contribution is 2.31. The SMILES string of the molecule is O=CC1COC(CCc2c(F)cncc2NC(=O)C[C@H](c2cncc(F)c2)c2ccc(Cl)c(F)c2)CN1C(=O)O. The Morgan fingerprint density at radius 1 is 1.12 bits per heavy atom. The molecule has 40 heavy (non-hydrogen) atoms. The summed E-state index contributed by atoms with van der Waals surface area (Å²) in [7, 11) is 0. The highest BCUT2D eigenvalue weighted by molar-refractivity contribution is 6.30. The van der Waals surface area contributed by atoms with Gasteiger partial charge in [0, 0.05) is 24.1 Å². The molecule has 2 amide bonds. The molecule has 3 heterocycles. The molecule has 4 rings (SSSR count). The van der Waals surface area contributed by atoms with Gasteiger partial charge in [0.05, 0.1) is 48.6 Å². The summed E-state index contributed by atoms with van der Waals surface area (Å²) in [4.78, 5) is 44.3. The summed E-state index contributed by atoms with van der Waals surface area (Å²) in [6, 6.07) is 4.26. The highest BCUT2D eigenvalue weighted by atomic mass is 35.5. The van der Waals surface area contributed by atoms with Crippen molar-refractivity contribution in [1.82, 2.24) is 14.9 Å². The fraction of sp³-hybridized carbons (Fsp3) is 0.296. The van der Waals surface area contributed by atoms with Gasteiger partial charge in [0.15, 0.2) is 0 Å². The Morgan fingerprint density at radius 2 is 1.90 bits per heavy atom. The molecule has 1 aliphatic heterocycles. The molecule has 13 heteroatoms. The van der Waals surface area contributed by atoms with Crippen molar-refractivity contribution in [3.63, 3.8) is 0 Å². The minimum atomic E-state index is -1.27. The first kappa shape index (κ1) is 29.0. The largest absolute Gasteiger partial charge is 0.465 e. The van der Waals surface area contributed by atoms with Crippen molar-refractivity contribution in [2.75, 3.05) is 18.5 Å². The van der Waals surface area contributed by atoms with Crippen molar-refractivity contribution in [2.45, 2.75) is 37.3 Å². The van der Waals surface area contributed by atoms with Crippen LogP contribution in [-0.4, -0.2) is 63.6 Å². The number of carbonyl (C=O) groups is 3. The number of aromatic nitrogens is 2. The molecular weight excluding hydrogens is 553 g/mol. The van der Waals surface area contributed by atoms with Gasteiger partial charge in [-0.25, -0.2) is 18.0 Å². The number of nitrogens with zero attached hydrogens (tertiary/aromatic N) is 3. The maximum absolute atomic E-state index is 14.8. The van der Waals surface area contributed by atoms with E-state index in [1.165, 1.54) is 30.6 Å². The minimum absolute atomic E-state index is 0.0630. The molecule has 3 aromatic rings. The van der Waals surface area contributed by atoms with Crippen LogP contribution in [0.3, 0.4) is 0 Å². The van der Waals surface area contributed by atoms with Crippen LogP contribution in [0.15, 0.2) is 49.1 Å². The molecule has 0 bridgehead atoms. The lowest BCUT2D eigenvalue weighted by Gasteiger charge is -2.35. The highest BCUT2D eigenvalue weighted by Gasteiger charge is 2.32. The van der Waals surface area contributed by atoms with Gasteiger partial charge < -0.3 is 20.0 Å². The normalized spacial score (nSPS) is 17.8. The quantitative estimate of drug-likeness (QED) is 0.357. The van der Waals surface area contributed by atoms with Crippen LogP contribution in [-0.2, 0) is 20.7 Å². The summed E-state index contributed by atoms with van der Waals surface area (Å²) in [5.74, 6) is -3.43. The first-order valence-electron chi connectivity index (χ1n) is 12.2. The first-order chi connectivity index (χ1) is 19.2. The maximum atomic E-state index is 14.8. The summed E-state index contributed by atoms with van der Waals surface area (Å²) in [6.07, 6.45) is 3.22. The molecule has 2 aromatic heterocycles. The van der Waals surface area contributed by atoms with Crippen LogP contribution in [0, 0.1) is 17.5 Å². The Morgan fingerprint density at radius 3 is 2.60 bits per heavy atom. The van der Waals surface area contributed by atoms with Gasteiger partial charge in [0.25, 0.3) is 0 Å². The summed E-state index contributed by atoms with van der Waals surface area (Å²) in [5.41, 5.74) is 0.876. The average molecular weight is 577 g/mol. The molecule has 1 aromatic carbocycles. The van der Waals surface area contributed by atoms with Crippen LogP contribution < -0.4 is 5.32 Å². The van der Waals surface area contributed by atoms with Crippen molar-refractivity contribution in [1.29, 1.82) is 0 Å². The molecule has 9 nitrogen and oxygen atoms in total. The third kappa shape index (κ3) is 6.93. The van der Waals surface area contributed by atoms with E-state index in [1.54, 1.807) is 0 Å². The zero-order valence-electron chi connectivity index (χ0n) is 20.9. The van der Waals surface area contributed by atoms with Crippen molar-refractivity contribution >= 4 is 35.6 Å². The number of anilines is 1.